The van der Waals surface area contributed by atoms with E-state index in [0.717, 1.165) is 37.4 Å². The standard InChI is InChI=1S/C23H19N3O14S4/c1-38-23(44(35,36)37)10-8-22(9-11-23,43(32,33)34)26-25-15-5-4-14-12-16(15)40-41(28,29)17-6-2-13-3-7-18(42(30,31)39-14)21(27)19(13)20(17)24/h2-12,27H,24H2,1H3,(H,32,33,34)(H,35,36,37). The summed E-state index contributed by atoms with van der Waals surface area (Å²) < 4.78 is 136. The number of ether oxygens (including phenoxy) is 1. The smallest absolute Gasteiger partial charge is 0.342 e. The maximum Gasteiger partial charge on any atom is 0.342 e. The SMILES string of the molecule is COC1(S(=O)(=O)O)C=CC(N=Nc2ccc3cc2OS(=O)(=O)c2ccc4ccc(c(O)c4c2N)S(=O)(=O)O3)(S(=O)(=O)O)C=C1. The molecule has 1 aliphatic heterocycles. The van der Waals surface area contributed by atoms with Crippen molar-refractivity contribution in [3.05, 3.63) is 66.8 Å². The van der Waals surface area contributed by atoms with Crippen LogP contribution in [0.5, 0.6) is 17.2 Å². The number of benzene rings is 3. The first-order valence-corrected chi connectivity index (χ1v) is 17.4. The fourth-order valence-corrected chi connectivity index (χ4v) is 7.66. The summed E-state index contributed by atoms with van der Waals surface area (Å²) in [6.07, 6.45) is 2.21. The van der Waals surface area contributed by atoms with Crippen LogP contribution in [0, 0.1) is 0 Å². The number of nitrogens with zero attached hydrogens (tertiary/aromatic N) is 2. The number of phenols is 1. The molecule has 0 amide bonds. The van der Waals surface area contributed by atoms with Crippen LogP contribution in [0.3, 0.4) is 0 Å². The summed E-state index contributed by atoms with van der Waals surface area (Å²) in [5, 5.41) is 17.8. The van der Waals surface area contributed by atoms with E-state index < -0.39 is 88.7 Å². The summed E-state index contributed by atoms with van der Waals surface area (Å²) in [5.41, 5.74) is 4.91. The molecule has 0 fully saturated rings. The van der Waals surface area contributed by atoms with E-state index >= 15 is 0 Å². The van der Waals surface area contributed by atoms with Gasteiger partial charge in [0.25, 0.3) is 0 Å². The van der Waals surface area contributed by atoms with E-state index in [2.05, 4.69) is 10.2 Å². The molecule has 1 heterocycles. The summed E-state index contributed by atoms with van der Waals surface area (Å²) in [5.74, 6) is -2.17. The van der Waals surface area contributed by atoms with Crippen molar-refractivity contribution >= 4 is 62.6 Å². The van der Waals surface area contributed by atoms with E-state index in [1.165, 1.54) is 12.1 Å². The number of hydrogen-bond acceptors (Lipinski definition) is 15. The van der Waals surface area contributed by atoms with Crippen molar-refractivity contribution in [3.63, 3.8) is 0 Å². The van der Waals surface area contributed by atoms with E-state index in [1.54, 1.807) is 0 Å². The fraction of sp³-hybridized carbons (Fsp3) is 0.130. The predicted molar refractivity (Wildman–Crippen MR) is 150 cm³/mol. The Bertz CT molecular complexity index is 2260. The van der Waals surface area contributed by atoms with Crippen molar-refractivity contribution in [3.8, 4) is 17.2 Å². The summed E-state index contributed by atoms with van der Waals surface area (Å²) in [6, 6.07) is 7.18. The minimum atomic E-state index is -5.28. The highest BCUT2D eigenvalue weighted by Crippen LogP contribution is 2.43. The van der Waals surface area contributed by atoms with Crippen molar-refractivity contribution in [2.75, 3.05) is 12.8 Å². The Morgan fingerprint density at radius 1 is 0.841 bits per heavy atom. The van der Waals surface area contributed by atoms with Crippen LogP contribution in [0.4, 0.5) is 11.4 Å². The van der Waals surface area contributed by atoms with Gasteiger partial charge in [-0.2, -0.15) is 38.8 Å². The lowest BCUT2D eigenvalue weighted by Gasteiger charge is -2.29. The summed E-state index contributed by atoms with van der Waals surface area (Å²) in [4.78, 5) is -6.77. The van der Waals surface area contributed by atoms with E-state index in [4.69, 9.17) is 18.8 Å². The Morgan fingerprint density at radius 3 is 2.00 bits per heavy atom. The molecule has 44 heavy (non-hydrogen) atoms. The van der Waals surface area contributed by atoms with Crippen LogP contribution in [0.1, 0.15) is 0 Å². The van der Waals surface area contributed by atoms with Crippen molar-refractivity contribution in [1.29, 1.82) is 0 Å². The second kappa shape index (κ2) is 9.95. The molecule has 2 aliphatic rings. The molecule has 3 aromatic rings. The molecule has 0 aromatic heterocycles. The molecule has 0 radical (unpaired) electrons. The Balaban J connectivity index is 1.68. The topological polar surface area (TPSA) is 276 Å². The van der Waals surface area contributed by atoms with Crippen LogP contribution in [-0.4, -0.2) is 64.8 Å². The third-order valence-corrected chi connectivity index (χ3v) is 11.6. The summed E-state index contributed by atoms with van der Waals surface area (Å²) in [7, 11) is -19.0. The highest BCUT2D eigenvalue weighted by atomic mass is 32.2. The minimum absolute atomic E-state index is 0.179. The van der Waals surface area contributed by atoms with E-state index in [0.29, 0.717) is 24.3 Å². The monoisotopic (exact) mass is 689 g/mol. The normalized spacial score (nSPS) is 24.1. The average Bonchev–Trinajstić information content (AvgIpc) is 2.90. The molecule has 17 nitrogen and oxygen atoms in total. The van der Waals surface area contributed by atoms with Gasteiger partial charge in [0.15, 0.2) is 5.75 Å². The average molecular weight is 690 g/mol. The number of hydrogen-bond donors (Lipinski definition) is 4. The second-order valence-corrected chi connectivity index (χ2v) is 15.4. The van der Waals surface area contributed by atoms with Crippen molar-refractivity contribution in [1.82, 2.24) is 0 Å². The lowest BCUT2D eigenvalue weighted by molar-refractivity contribution is 0.129. The lowest BCUT2D eigenvalue weighted by atomic mass is 10.1. The van der Waals surface area contributed by atoms with Gasteiger partial charge >= 0.3 is 40.5 Å². The van der Waals surface area contributed by atoms with Crippen molar-refractivity contribution in [2.45, 2.75) is 19.6 Å². The Kier molecular flexibility index (Phi) is 7.08. The number of phenolic OH excluding ortho intramolecular Hbond substituents is 1. The molecule has 234 valence electrons. The van der Waals surface area contributed by atoms with Crippen molar-refractivity contribution < 1.29 is 61.0 Å². The van der Waals surface area contributed by atoms with Gasteiger partial charge in [0.1, 0.15) is 27.0 Å². The van der Waals surface area contributed by atoms with Gasteiger partial charge in [0.05, 0.1) is 5.69 Å². The van der Waals surface area contributed by atoms with Gasteiger partial charge in [0.2, 0.25) is 9.80 Å². The van der Waals surface area contributed by atoms with E-state index in [9.17, 15) is 47.9 Å². The maximum atomic E-state index is 13.3. The zero-order valence-corrected chi connectivity index (χ0v) is 25.1. The van der Waals surface area contributed by atoms with Gasteiger partial charge in [0, 0.05) is 18.6 Å². The number of aromatic hydroxyl groups is 1. The molecule has 3 aromatic carbocycles. The number of nitrogens with two attached hydrogens (primary N) is 1. The number of fused-ring (bicyclic) bond motifs is 4. The Hall–Kier alpha value is -4.12. The zero-order chi connectivity index (χ0) is 32.5. The van der Waals surface area contributed by atoms with Crippen LogP contribution in [0.25, 0.3) is 10.8 Å². The molecule has 0 saturated heterocycles. The first-order valence-electron chi connectivity index (χ1n) is 11.7. The predicted octanol–water partition coefficient (Wildman–Crippen LogP) is 2.00. The van der Waals surface area contributed by atoms with Gasteiger partial charge in [-0.15, -0.1) is 5.11 Å². The number of methoxy groups -OCH3 is 1. The Morgan fingerprint density at radius 2 is 1.43 bits per heavy atom. The first-order chi connectivity index (χ1) is 20.3. The zero-order valence-electron chi connectivity index (χ0n) is 21.8. The van der Waals surface area contributed by atoms with Gasteiger partial charge < -0.3 is 23.9 Å². The van der Waals surface area contributed by atoms with Gasteiger partial charge in [-0.3, -0.25) is 9.11 Å². The van der Waals surface area contributed by atoms with Crippen LogP contribution < -0.4 is 14.1 Å². The quantitative estimate of drug-likeness (QED) is 0.0980. The molecule has 5 N–H and O–H groups in total. The van der Waals surface area contributed by atoms with Gasteiger partial charge in [-0.05, 0) is 54.0 Å². The molecule has 5 bridgehead atoms. The number of anilines is 1. The molecule has 21 heteroatoms. The molecule has 0 unspecified atom stereocenters. The van der Waals surface area contributed by atoms with Crippen LogP contribution in [0.2, 0.25) is 0 Å². The second-order valence-electron chi connectivity index (χ2n) is 9.19. The van der Waals surface area contributed by atoms with Crippen LogP contribution >= 0.6 is 0 Å². The molecule has 5 rings (SSSR count). The van der Waals surface area contributed by atoms with Gasteiger partial charge in [-0.1, -0.05) is 12.1 Å². The van der Waals surface area contributed by atoms with Crippen molar-refractivity contribution in [2.24, 2.45) is 10.2 Å². The molecule has 1 aliphatic carbocycles. The number of nitrogen functional groups attached to an aromatic ring is 1. The third kappa shape index (κ3) is 4.96. The van der Waals surface area contributed by atoms with E-state index in [1.807, 2.05) is 0 Å². The highest BCUT2D eigenvalue weighted by Gasteiger charge is 2.48. The summed E-state index contributed by atoms with van der Waals surface area (Å²) in [6.45, 7) is 0. The molecule has 0 spiro atoms. The highest BCUT2D eigenvalue weighted by molar-refractivity contribution is 7.88. The third-order valence-electron chi connectivity index (χ3n) is 6.56. The minimum Gasteiger partial charge on any atom is -0.506 e. The molecular formula is C23H19N3O14S4. The molecule has 0 saturated carbocycles. The number of azo groups is 1. The molecular weight excluding hydrogens is 671 g/mol. The first kappa shape index (κ1) is 31.3. The Labute approximate surface area is 249 Å². The van der Waals surface area contributed by atoms with Gasteiger partial charge in [-0.25, -0.2) is 0 Å². The van der Waals surface area contributed by atoms with Crippen LogP contribution in [0.15, 0.2) is 86.8 Å². The van der Waals surface area contributed by atoms with E-state index in [-0.39, 0.29) is 10.8 Å². The molecule has 0 atom stereocenters. The fourth-order valence-electron chi connectivity index (χ4n) is 4.26. The largest absolute Gasteiger partial charge is 0.506 e. The lowest BCUT2D eigenvalue weighted by Crippen LogP contribution is -2.42. The maximum absolute atomic E-state index is 13.3. The number of rotatable bonds is 5. The van der Waals surface area contributed by atoms with Crippen LogP contribution in [-0.2, 0) is 45.2 Å². The summed E-state index contributed by atoms with van der Waals surface area (Å²) >= 11 is 0.